The lowest BCUT2D eigenvalue weighted by molar-refractivity contribution is -0.129. The lowest BCUT2D eigenvalue weighted by Crippen LogP contribution is -2.50. The molecule has 0 unspecified atom stereocenters. The molecule has 200 valence electrons. The molecule has 2 N–H and O–H groups in total. The number of nitrogens with zero attached hydrogens (tertiary/aromatic N) is 1. The molecule has 5 rings (SSSR count). The summed E-state index contributed by atoms with van der Waals surface area (Å²) in [6.07, 6.45) is 5.32. The number of nitrogens with one attached hydrogen (secondary N) is 2. The van der Waals surface area contributed by atoms with E-state index in [1.165, 1.54) is 11.8 Å². The van der Waals surface area contributed by atoms with Crippen molar-refractivity contribution in [3.8, 4) is 11.5 Å². The first-order valence-corrected chi connectivity index (χ1v) is 14.4. The summed E-state index contributed by atoms with van der Waals surface area (Å²) in [4.78, 5) is 31.7. The van der Waals surface area contributed by atoms with Gasteiger partial charge in [-0.2, -0.15) is 0 Å². The number of amides is 1. The number of carbonyl (C=O) groups is 1. The first-order valence-electron chi connectivity index (χ1n) is 12.8. The highest BCUT2D eigenvalue weighted by Gasteiger charge is 2.47. The van der Waals surface area contributed by atoms with Crippen molar-refractivity contribution in [2.75, 3.05) is 32.5 Å². The van der Waals surface area contributed by atoms with Gasteiger partial charge in [-0.05, 0) is 64.6 Å². The highest BCUT2D eigenvalue weighted by Crippen LogP contribution is 2.51. The number of halogens is 1. The molecular formula is C27H34ClN3O5S. The summed E-state index contributed by atoms with van der Waals surface area (Å²) in [6.45, 7) is 9.56. The van der Waals surface area contributed by atoms with Gasteiger partial charge in [0.25, 0.3) is 17.3 Å². The van der Waals surface area contributed by atoms with Crippen LogP contribution in [0.15, 0.2) is 21.8 Å². The monoisotopic (exact) mass is 547 g/mol. The number of piperidine rings is 1. The summed E-state index contributed by atoms with van der Waals surface area (Å²) in [5, 5.41) is 3.22. The average Bonchev–Trinajstić information content (AvgIpc) is 3.22. The molecule has 2 aromatic rings. The Labute approximate surface area is 226 Å². The van der Waals surface area contributed by atoms with Crippen LogP contribution in [0.2, 0.25) is 5.02 Å². The third kappa shape index (κ3) is 5.24. The number of pyridine rings is 1. The fourth-order valence-electron chi connectivity index (χ4n) is 5.40. The van der Waals surface area contributed by atoms with Crippen molar-refractivity contribution in [3.63, 3.8) is 0 Å². The topological polar surface area (TPSA) is 92.9 Å². The molecule has 2 fully saturated rings. The number of H-pyrrole nitrogens is 1. The molecule has 2 atom stereocenters. The highest BCUT2D eigenvalue weighted by molar-refractivity contribution is 7.98. The van der Waals surface area contributed by atoms with Crippen LogP contribution in [0.5, 0.6) is 11.5 Å². The van der Waals surface area contributed by atoms with Gasteiger partial charge < -0.3 is 29.4 Å². The molecule has 37 heavy (non-hydrogen) atoms. The van der Waals surface area contributed by atoms with Gasteiger partial charge >= 0.3 is 0 Å². The predicted molar refractivity (Wildman–Crippen MR) is 144 cm³/mol. The number of likely N-dealkylation sites (tertiary alicyclic amines) is 1. The van der Waals surface area contributed by atoms with Crippen molar-refractivity contribution in [1.29, 1.82) is 0 Å². The lowest BCUT2D eigenvalue weighted by Gasteiger charge is -2.40. The summed E-state index contributed by atoms with van der Waals surface area (Å²) in [7, 11) is 0. The van der Waals surface area contributed by atoms with Crippen LogP contribution in [0.25, 0.3) is 0 Å². The minimum Gasteiger partial charge on any atom is -0.448 e. The summed E-state index contributed by atoms with van der Waals surface area (Å²) >= 11 is 8.08. The molecular weight excluding hydrogens is 514 g/mol. The molecule has 0 saturated carbocycles. The maximum Gasteiger partial charge on any atom is 0.254 e. The van der Waals surface area contributed by atoms with Crippen molar-refractivity contribution < 1.29 is 19.0 Å². The summed E-state index contributed by atoms with van der Waals surface area (Å²) < 4.78 is 18.4. The summed E-state index contributed by atoms with van der Waals surface area (Å²) in [5.74, 6) is 0.0434. The second-order valence-electron chi connectivity index (χ2n) is 10.3. The van der Waals surface area contributed by atoms with E-state index in [1.54, 1.807) is 6.07 Å². The molecule has 1 aromatic heterocycles. The fourth-order valence-corrected chi connectivity index (χ4v) is 6.34. The molecule has 0 bridgehead atoms. The van der Waals surface area contributed by atoms with Crippen LogP contribution in [-0.4, -0.2) is 60.2 Å². The van der Waals surface area contributed by atoms with E-state index in [9.17, 15) is 9.59 Å². The highest BCUT2D eigenvalue weighted by atomic mass is 35.5. The molecule has 3 aliphatic rings. The number of aryl methyl sites for hydroxylation is 1. The van der Waals surface area contributed by atoms with E-state index in [0.29, 0.717) is 39.3 Å². The first kappa shape index (κ1) is 26.4. The van der Waals surface area contributed by atoms with Crippen molar-refractivity contribution in [1.82, 2.24) is 15.2 Å². The van der Waals surface area contributed by atoms with Gasteiger partial charge in [0.05, 0.1) is 11.1 Å². The molecule has 1 amide bonds. The maximum atomic E-state index is 13.2. The quantitative estimate of drug-likeness (QED) is 0.500. The van der Waals surface area contributed by atoms with Gasteiger partial charge in [0.1, 0.15) is 0 Å². The van der Waals surface area contributed by atoms with Crippen LogP contribution in [0.1, 0.15) is 53.4 Å². The number of aromatic amines is 1. The van der Waals surface area contributed by atoms with E-state index >= 15 is 0 Å². The molecule has 0 spiro atoms. The number of aromatic nitrogens is 1. The lowest BCUT2D eigenvalue weighted by atomic mass is 9.89. The number of hydrogen-bond donors (Lipinski definition) is 2. The van der Waals surface area contributed by atoms with E-state index in [-0.39, 0.29) is 23.9 Å². The Balaban J connectivity index is 1.28. The molecule has 10 heteroatoms. The van der Waals surface area contributed by atoms with Crippen LogP contribution in [0.3, 0.4) is 0 Å². The Morgan fingerprint density at radius 2 is 1.92 bits per heavy atom. The normalized spacial score (nSPS) is 23.6. The largest absolute Gasteiger partial charge is 0.448 e. The summed E-state index contributed by atoms with van der Waals surface area (Å²) in [5.41, 5.74) is 2.18. The van der Waals surface area contributed by atoms with Crippen LogP contribution < -0.4 is 20.3 Å². The Kier molecular flexibility index (Phi) is 7.51. The zero-order chi connectivity index (χ0) is 26.3. The molecule has 3 aliphatic heterocycles. The fraction of sp³-hybridized carbons (Fsp3) is 0.556. The van der Waals surface area contributed by atoms with E-state index in [4.69, 9.17) is 25.8 Å². The van der Waals surface area contributed by atoms with Crippen molar-refractivity contribution >= 4 is 29.3 Å². The van der Waals surface area contributed by atoms with Gasteiger partial charge in [0.15, 0.2) is 11.5 Å². The number of fused-ring (bicyclic) bond motifs is 1. The number of benzene rings is 1. The second-order valence-corrected chi connectivity index (χ2v) is 11.5. The molecule has 4 heterocycles. The van der Waals surface area contributed by atoms with Crippen LogP contribution >= 0.6 is 23.4 Å². The third-order valence-corrected chi connectivity index (χ3v) is 8.84. The predicted octanol–water partition coefficient (Wildman–Crippen LogP) is 4.29. The summed E-state index contributed by atoms with van der Waals surface area (Å²) in [6, 6.07) is 3.53. The SMILES string of the molecule is CSc1cc(C)[nH]c(=O)c1CNC(=O)c1cc(Cl)c2c(c1C)O[C@](C)(C1CCN(C[C@H]3CCO3)CC1)O2. The van der Waals surface area contributed by atoms with Crippen LogP contribution in [0.4, 0.5) is 0 Å². The number of ether oxygens (including phenoxy) is 3. The second kappa shape index (κ2) is 10.5. The van der Waals surface area contributed by atoms with Crippen molar-refractivity contribution in [2.45, 2.75) is 63.4 Å². The molecule has 2 saturated heterocycles. The van der Waals surface area contributed by atoms with Gasteiger partial charge in [-0.25, -0.2) is 0 Å². The number of thioether (sulfide) groups is 1. The smallest absolute Gasteiger partial charge is 0.254 e. The Hall–Kier alpha value is -2.20. The standard InChI is InChI=1S/C27H34ClN3O5S/c1-15-11-22(37-4)20(26(33)30-15)13-29-25(32)19-12-21(28)24-23(16(19)2)35-27(3,36-24)17-5-8-31(9-6-17)14-18-7-10-34-18/h11-12,17-18H,5-10,13-14H2,1-4H3,(H,29,32)(H,30,33)/t18-,27+/m1/s1. The van der Waals surface area contributed by atoms with Crippen molar-refractivity contribution in [3.05, 3.63) is 49.9 Å². The Bertz CT molecular complexity index is 1260. The molecule has 1 aromatic carbocycles. The van der Waals surface area contributed by atoms with E-state index < -0.39 is 5.79 Å². The van der Waals surface area contributed by atoms with Gasteiger partial charge in [-0.3, -0.25) is 9.59 Å². The van der Waals surface area contributed by atoms with Gasteiger partial charge in [0.2, 0.25) is 0 Å². The molecule has 0 radical (unpaired) electrons. The number of carbonyl (C=O) groups excluding carboxylic acids is 1. The number of rotatable bonds is 7. The van der Waals surface area contributed by atoms with Gasteiger partial charge in [-0.1, -0.05) is 11.6 Å². The average molecular weight is 548 g/mol. The van der Waals surface area contributed by atoms with Gasteiger partial charge in [0, 0.05) is 59.8 Å². The first-order chi connectivity index (χ1) is 17.7. The zero-order valence-electron chi connectivity index (χ0n) is 21.7. The van der Waals surface area contributed by atoms with E-state index in [2.05, 4.69) is 15.2 Å². The Morgan fingerprint density at radius 3 is 2.57 bits per heavy atom. The van der Waals surface area contributed by atoms with Crippen molar-refractivity contribution in [2.24, 2.45) is 5.92 Å². The van der Waals surface area contributed by atoms with E-state index in [0.717, 1.165) is 56.1 Å². The molecule has 0 aliphatic carbocycles. The van der Waals surface area contributed by atoms with Crippen LogP contribution in [0, 0.1) is 19.8 Å². The van der Waals surface area contributed by atoms with E-state index in [1.807, 2.05) is 33.1 Å². The minimum atomic E-state index is -0.840. The van der Waals surface area contributed by atoms with Crippen LogP contribution in [-0.2, 0) is 11.3 Å². The zero-order valence-corrected chi connectivity index (χ0v) is 23.3. The van der Waals surface area contributed by atoms with Gasteiger partial charge in [-0.15, -0.1) is 11.8 Å². The maximum absolute atomic E-state index is 13.2. The Morgan fingerprint density at radius 1 is 1.22 bits per heavy atom. The molecule has 8 nitrogen and oxygen atoms in total. The number of hydrogen-bond acceptors (Lipinski definition) is 7. The minimum absolute atomic E-state index is 0.109. The third-order valence-electron chi connectivity index (χ3n) is 7.75.